The van der Waals surface area contributed by atoms with Crippen molar-refractivity contribution in [1.29, 1.82) is 0 Å². The number of ether oxygens (including phenoxy) is 1. The van der Waals surface area contributed by atoms with Crippen LogP contribution in [0.25, 0.3) is 22.3 Å². The van der Waals surface area contributed by atoms with Crippen LogP contribution in [-0.4, -0.2) is 27.3 Å². The molecule has 0 saturated heterocycles. The molecule has 0 radical (unpaired) electrons. The lowest BCUT2D eigenvalue weighted by Crippen LogP contribution is -2.15. The highest BCUT2D eigenvalue weighted by molar-refractivity contribution is 5.87. The molecule has 0 aliphatic heterocycles. The second-order valence-electron chi connectivity index (χ2n) is 7.52. The minimum absolute atomic E-state index is 0.0831. The molecule has 1 saturated carbocycles. The molecule has 1 aromatic carbocycles. The van der Waals surface area contributed by atoms with Gasteiger partial charge in [-0.15, -0.1) is 0 Å². The number of fused-ring (bicyclic) bond motifs is 1. The number of alkyl halides is 2. The molecule has 0 spiro atoms. The van der Waals surface area contributed by atoms with E-state index >= 15 is 0 Å². The van der Waals surface area contributed by atoms with Gasteiger partial charge in [-0.25, -0.2) is 18.4 Å². The average Bonchev–Trinajstić information content (AvgIpc) is 3.46. The first-order valence-electron chi connectivity index (χ1n) is 9.81. The van der Waals surface area contributed by atoms with E-state index in [-0.39, 0.29) is 24.6 Å². The van der Waals surface area contributed by atoms with Crippen molar-refractivity contribution in [3.05, 3.63) is 46.6 Å². The number of aromatic nitrogens is 3. The quantitative estimate of drug-likeness (QED) is 0.542. The number of pyridine rings is 1. The molecular weight excluding hydrogens is 376 g/mol. The molecular formula is C22H23F2N3O2. The molecule has 29 heavy (non-hydrogen) atoms. The van der Waals surface area contributed by atoms with Crippen LogP contribution in [0.1, 0.15) is 54.5 Å². The third-order valence-electron chi connectivity index (χ3n) is 5.35. The van der Waals surface area contributed by atoms with Crippen molar-refractivity contribution < 1.29 is 18.3 Å². The topological polar surface area (TPSA) is 57.0 Å². The Bertz CT molecular complexity index is 1090. The lowest BCUT2D eigenvalue weighted by atomic mass is 10.0. The van der Waals surface area contributed by atoms with Gasteiger partial charge in [0.1, 0.15) is 6.54 Å². The Labute approximate surface area is 167 Å². The van der Waals surface area contributed by atoms with E-state index in [9.17, 15) is 13.6 Å². The molecule has 5 nitrogen and oxygen atoms in total. The molecule has 1 aliphatic carbocycles. The normalized spacial score (nSPS) is 14.0. The second-order valence-corrected chi connectivity index (χ2v) is 7.52. The van der Waals surface area contributed by atoms with E-state index in [2.05, 4.69) is 10.1 Å². The fourth-order valence-electron chi connectivity index (χ4n) is 3.53. The van der Waals surface area contributed by atoms with Gasteiger partial charge in [0.05, 0.1) is 23.4 Å². The number of aryl methyl sites for hydroxylation is 2. The van der Waals surface area contributed by atoms with Crippen molar-refractivity contribution >= 4 is 17.0 Å². The zero-order chi connectivity index (χ0) is 20.7. The number of carbonyl (C=O) groups is 1. The van der Waals surface area contributed by atoms with Crippen molar-refractivity contribution in [1.82, 2.24) is 14.8 Å². The largest absolute Gasteiger partial charge is 0.465 e. The number of rotatable bonds is 6. The van der Waals surface area contributed by atoms with Crippen LogP contribution >= 0.6 is 0 Å². The summed E-state index contributed by atoms with van der Waals surface area (Å²) in [4.78, 5) is 16.7. The van der Waals surface area contributed by atoms with Crippen LogP contribution in [0, 0.1) is 13.8 Å². The van der Waals surface area contributed by atoms with E-state index in [0.29, 0.717) is 22.4 Å². The molecule has 1 fully saturated rings. The van der Waals surface area contributed by atoms with Gasteiger partial charge in [-0.2, -0.15) is 5.10 Å². The van der Waals surface area contributed by atoms with Gasteiger partial charge in [0.15, 0.2) is 5.65 Å². The van der Waals surface area contributed by atoms with Gasteiger partial charge in [0.25, 0.3) is 6.43 Å². The summed E-state index contributed by atoms with van der Waals surface area (Å²) >= 11 is 0. The molecule has 152 valence electrons. The van der Waals surface area contributed by atoms with Gasteiger partial charge >= 0.3 is 5.97 Å². The zero-order valence-electron chi connectivity index (χ0n) is 16.7. The SMILES string of the molecule is CCOC(=O)Cn1nc(C2CC2)c2c(C(F)F)cc(-c3ccc(C)c(C)c3)nc21. The van der Waals surface area contributed by atoms with Crippen molar-refractivity contribution in [2.75, 3.05) is 6.61 Å². The Kier molecular flexibility index (Phi) is 5.06. The van der Waals surface area contributed by atoms with Gasteiger partial charge in [-0.05, 0) is 56.9 Å². The minimum atomic E-state index is -2.66. The lowest BCUT2D eigenvalue weighted by molar-refractivity contribution is -0.143. The summed E-state index contributed by atoms with van der Waals surface area (Å²) in [7, 11) is 0. The van der Waals surface area contributed by atoms with Crippen molar-refractivity contribution in [3.63, 3.8) is 0 Å². The third kappa shape index (κ3) is 3.73. The van der Waals surface area contributed by atoms with Crippen LogP contribution in [0.15, 0.2) is 24.3 Å². The maximum atomic E-state index is 14.0. The van der Waals surface area contributed by atoms with Gasteiger partial charge < -0.3 is 4.74 Å². The van der Waals surface area contributed by atoms with Gasteiger partial charge in [-0.1, -0.05) is 12.1 Å². The van der Waals surface area contributed by atoms with E-state index in [1.165, 1.54) is 10.7 Å². The highest BCUT2D eigenvalue weighted by Crippen LogP contribution is 2.45. The molecule has 0 amide bonds. The smallest absolute Gasteiger partial charge is 0.327 e. The zero-order valence-corrected chi connectivity index (χ0v) is 16.7. The van der Waals surface area contributed by atoms with E-state index in [1.807, 2.05) is 32.0 Å². The summed E-state index contributed by atoms with van der Waals surface area (Å²) in [5, 5.41) is 4.88. The molecule has 0 unspecified atom stereocenters. The summed E-state index contributed by atoms with van der Waals surface area (Å²) in [6, 6.07) is 7.22. The number of halogens is 2. The summed E-state index contributed by atoms with van der Waals surface area (Å²) in [6.45, 7) is 5.79. The van der Waals surface area contributed by atoms with Crippen LogP contribution in [0.3, 0.4) is 0 Å². The predicted molar refractivity (Wildman–Crippen MR) is 106 cm³/mol. The van der Waals surface area contributed by atoms with Crippen LogP contribution in [-0.2, 0) is 16.1 Å². The van der Waals surface area contributed by atoms with Crippen molar-refractivity contribution in [3.8, 4) is 11.3 Å². The number of benzene rings is 1. The van der Waals surface area contributed by atoms with E-state index < -0.39 is 12.4 Å². The Hall–Kier alpha value is -2.83. The Morgan fingerprint density at radius 2 is 2.00 bits per heavy atom. The summed E-state index contributed by atoms with van der Waals surface area (Å²) < 4.78 is 34.5. The Morgan fingerprint density at radius 1 is 1.24 bits per heavy atom. The molecule has 7 heteroatoms. The number of hydrogen-bond acceptors (Lipinski definition) is 4. The van der Waals surface area contributed by atoms with Crippen LogP contribution in [0.5, 0.6) is 0 Å². The summed E-state index contributed by atoms with van der Waals surface area (Å²) in [5.74, 6) is -0.316. The third-order valence-corrected chi connectivity index (χ3v) is 5.35. The number of nitrogens with zero attached hydrogens (tertiary/aromatic N) is 3. The fraction of sp³-hybridized carbons (Fsp3) is 0.409. The average molecular weight is 399 g/mol. The summed E-state index contributed by atoms with van der Waals surface area (Å²) in [5.41, 5.74) is 4.22. The molecule has 0 atom stereocenters. The highest BCUT2D eigenvalue weighted by atomic mass is 19.3. The maximum absolute atomic E-state index is 14.0. The lowest BCUT2D eigenvalue weighted by Gasteiger charge is -2.10. The maximum Gasteiger partial charge on any atom is 0.327 e. The molecule has 0 N–H and O–H groups in total. The Balaban J connectivity index is 1.92. The highest BCUT2D eigenvalue weighted by Gasteiger charge is 2.33. The van der Waals surface area contributed by atoms with Crippen molar-refractivity contribution in [2.24, 2.45) is 0 Å². The fourth-order valence-corrected chi connectivity index (χ4v) is 3.53. The molecule has 4 rings (SSSR count). The first-order valence-corrected chi connectivity index (χ1v) is 9.81. The number of hydrogen-bond donors (Lipinski definition) is 0. The molecule has 2 heterocycles. The van der Waals surface area contributed by atoms with Crippen LogP contribution in [0.4, 0.5) is 8.78 Å². The van der Waals surface area contributed by atoms with E-state index in [1.54, 1.807) is 6.92 Å². The van der Waals surface area contributed by atoms with Gasteiger partial charge in [0.2, 0.25) is 0 Å². The summed E-state index contributed by atoms with van der Waals surface area (Å²) in [6.07, 6.45) is -0.844. The molecule has 3 aromatic rings. The number of esters is 1. The molecule has 2 aromatic heterocycles. The second kappa shape index (κ2) is 7.54. The monoisotopic (exact) mass is 399 g/mol. The van der Waals surface area contributed by atoms with E-state index in [0.717, 1.165) is 29.5 Å². The van der Waals surface area contributed by atoms with Crippen LogP contribution in [0.2, 0.25) is 0 Å². The minimum Gasteiger partial charge on any atom is -0.465 e. The van der Waals surface area contributed by atoms with Gasteiger partial charge in [-0.3, -0.25) is 4.79 Å². The van der Waals surface area contributed by atoms with Crippen LogP contribution < -0.4 is 0 Å². The number of carbonyl (C=O) groups excluding carboxylic acids is 1. The van der Waals surface area contributed by atoms with Gasteiger partial charge in [0, 0.05) is 17.0 Å². The molecule has 1 aliphatic rings. The predicted octanol–water partition coefficient (Wildman–Crippen LogP) is 5.09. The standard InChI is InChI=1S/C22H23F2N3O2/c1-4-29-18(28)11-27-22-19(20(26-27)14-7-8-14)16(21(23)24)10-17(25-22)15-6-5-12(2)13(3)9-15/h5-6,9-10,14,21H,4,7-8,11H2,1-3H3. The van der Waals surface area contributed by atoms with Crippen molar-refractivity contribution in [2.45, 2.75) is 52.5 Å². The van der Waals surface area contributed by atoms with E-state index in [4.69, 9.17) is 4.74 Å². The first-order chi connectivity index (χ1) is 13.9. The molecule has 0 bridgehead atoms. The first kappa shape index (κ1) is 19.5. The Morgan fingerprint density at radius 3 is 2.62 bits per heavy atom.